The Balaban J connectivity index is 2.00. The molecule has 1 aliphatic carbocycles. The molecule has 0 bridgehead atoms. The van der Waals surface area contributed by atoms with E-state index in [-0.39, 0.29) is 23.8 Å². The molecule has 0 atom stereocenters. The number of aliphatic hydroxyl groups excluding tert-OH is 1. The highest BCUT2D eigenvalue weighted by Gasteiger charge is 2.33. The summed E-state index contributed by atoms with van der Waals surface area (Å²) in [4.78, 5) is 8.55. The maximum absolute atomic E-state index is 13.2. The van der Waals surface area contributed by atoms with Crippen LogP contribution in [0.4, 0.5) is 13.2 Å². The summed E-state index contributed by atoms with van der Waals surface area (Å²) in [6, 6.07) is 1.35. The van der Waals surface area contributed by atoms with E-state index >= 15 is 0 Å². The predicted molar refractivity (Wildman–Crippen MR) is 92.8 cm³/mol. The lowest BCUT2D eigenvalue weighted by atomic mass is 9.92. The van der Waals surface area contributed by atoms with Gasteiger partial charge >= 0.3 is 6.18 Å². The number of aliphatic hydroxyl groups is 1. The highest BCUT2D eigenvalue weighted by Crippen LogP contribution is 2.36. The molecule has 0 saturated heterocycles. The lowest BCUT2D eigenvalue weighted by Crippen LogP contribution is -2.22. The second-order valence-corrected chi connectivity index (χ2v) is 7.36. The van der Waals surface area contributed by atoms with Gasteiger partial charge < -0.3 is 9.67 Å². The summed E-state index contributed by atoms with van der Waals surface area (Å²) in [5.41, 5.74) is 0.125. The van der Waals surface area contributed by atoms with Gasteiger partial charge in [-0.05, 0) is 38.7 Å². The van der Waals surface area contributed by atoms with Crippen molar-refractivity contribution in [3.05, 3.63) is 35.5 Å². The van der Waals surface area contributed by atoms with Gasteiger partial charge in [-0.3, -0.25) is 4.98 Å². The van der Waals surface area contributed by atoms with Crippen LogP contribution in [-0.4, -0.2) is 25.7 Å². The molecule has 1 fully saturated rings. The molecule has 2 aromatic heterocycles. The summed E-state index contributed by atoms with van der Waals surface area (Å²) in [6.07, 6.45) is 1.76. The van der Waals surface area contributed by atoms with Crippen molar-refractivity contribution in [1.82, 2.24) is 14.5 Å². The predicted octanol–water partition coefficient (Wildman–Crippen LogP) is 4.87. The van der Waals surface area contributed by atoms with Crippen molar-refractivity contribution in [1.29, 1.82) is 0 Å². The number of alkyl halides is 3. The molecule has 3 rings (SSSR count). The van der Waals surface area contributed by atoms with E-state index in [1.54, 1.807) is 0 Å². The Bertz CT molecular complexity index is 775. The normalized spacial score (nSPS) is 21.4. The summed E-state index contributed by atoms with van der Waals surface area (Å²) < 4.78 is 41.7. The fraction of sp³-hybridized carbons (Fsp3) is 0.579. The molecule has 0 aliphatic heterocycles. The van der Waals surface area contributed by atoms with E-state index < -0.39 is 11.7 Å². The average Bonchev–Trinajstić information content (AvgIpc) is 3.00. The minimum Gasteiger partial charge on any atom is -0.393 e. The van der Waals surface area contributed by atoms with Gasteiger partial charge in [0.05, 0.1) is 17.4 Å². The van der Waals surface area contributed by atoms with E-state index in [1.807, 2.05) is 20.0 Å². The Morgan fingerprint density at radius 2 is 1.85 bits per heavy atom. The second kappa shape index (κ2) is 7.02. The highest BCUT2D eigenvalue weighted by molar-refractivity contribution is 5.59. The van der Waals surface area contributed by atoms with Crippen molar-refractivity contribution in [3.8, 4) is 11.3 Å². The van der Waals surface area contributed by atoms with Crippen molar-refractivity contribution in [2.45, 2.75) is 70.7 Å². The maximum Gasteiger partial charge on any atom is 0.418 e. The quantitative estimate of drug-likeness (QED) is 0.842. The van der Waals surface area contributed by atoms with Crippen LogP contribution in [0.1, 0.15) is 68.6 Å². The number of nitrogens with zero attached hydrogens (tertiary/aromatic N) is 3. The van der Waals surface area contributed by atoms with E-state index in [1.165, 1.54) is 13.1 Å². The molecule has 1 N–H and O–H groups in total. The number of hydrogen-bond acceptors (Lipinski definition) is 3. The molecule has 0 unspecified atom stereocenters. The monoisotopic (exact) mass is 367 g/mol. The molecule has 142 valence electrons. The van der Waals surface area contributed by atoms with E-state index in [9.17, 15) is 18.3 Å². The van der Waals surface area contributed by atoms with Crippen LogP contribution in [-0.2, 0) is 6.18 Å². The van der Waals surface area contributed by atoms with Crippen molar-refractivity contribution in [3.63, 3.8) is 0 Å². The molecule has 0 amide bonds. The van der Waals surface area contributed by atoms with Crippen molar-refractivity contribution in [2.24, 2.45) is 0 Å². The summed E-state index contributed by atoms with van der Waals surface area (Å²) in [5.74, 6) is 1.01. The van der Waals surface area contributed by atoms with Gasteiger partial charge in [-0.25, -0.2) is 4.98 Å². The largest absolute Gasteiger partial charge is 0.418 e. The fourth-order valence-electron chi connectivity index (χ4n) is 3.56. The van der Waals surface area contributed by atoms with Crippen LogP contribution in [0.25, 0.3) is 11.3 Å². The molecule has 26 heavy (non-hydrogen) atoms. The number of imidazole rings is 1. The molecule has 0 spiro atoms. The molecule has 7 heteroatoms. The van der Waals surface area contributed by atoms with Gasteiger partial charge in [0.2, 0.25) is 0 Å². The number of rotatable bonds is 3. The van der Waals surface area contributed by atoms with Gasteiger partial charge in [-0.1, -0.05) is 13.8 Å². The molecule has 0 radical (unpaired) electrons. The molecule has 0 aromatic carbocycles. The Kier molecular flexibility index (Phi) is 5.10. The van der Waals surface area contributed by atoms with Gasteiger partial charge in [0.15, 0.2) is 0 Å². The van der Waals surface area contributed by atoms with Gasteiger partial charge in [-0.15, -0.1) is 0 Å². The van der Waals surface area contributed by atoms with Crippen molar-refractivity contribution < 1.29 is 18.3 Å². The molecular formula is C19H24F3N3O. The third-order valence-corrected chi connectivity index (χ3v) is 5.03. The average molecular weight is 367 g/mol. The third kappa shape index (κ3) is 3.77. The lowest BCUT2D eigenvalue weighted by molar-refractivity contribution is -0.138. The smallest absolute Gasteiger partial charge is 0.393 e. The van der Waals surface area contributed by atoms with Gasteiger partial charge in [0.1, 0.15) is 5.82 Å². The van der Waals surface area contributed by atoms with Crippen LogP contribution in [0.15, 0.2) is 18.5 Å². The molecule has 1 aliphatic rings. The molecule has 1 saturated carbocycles. The number of halogens is 3. The van der Waals surface area contributed by atoms with E-state index in [4.69, 9.17) is 0 Å². The second-order valence-electron chi connectivity index (χ2n) is 7.36. The van der Waals surface area contributed by atoms with Crippen molar-refractivity contribution >= 4 is 0 Å². The zero-order valence-electron chi connectivity index (χ0n) is 15.2. The topological polar surface area (TPSA) is 50.9 Å². The number of aromatic nitrogens is 3. The Hall–Kier alpha value is -1.89. The summed E-state index contributed by atoms with van der Waals surface area (Å²) in [6.45, 7) is 5.40. The molecule has 4 nitrogen and oxygen atoms in total. The maximum atomic E-state index is 13.2. The Labute approximate surface area is 151 Å². The minimum absolute atomic E-state index is 0.0361. The zero-order valence-corrected chi connectivity index (χ0v) is 15.2. The number of pyridine rings is 1. The van der Waals surface area contributed by atoms with Crippen molar-refractivity contribution in [2.75, 3.05) is 0 Å². The first-order chi connectivity index (χ1) is 12.2. The van der Waals surface area contributed by atoms with Crippen LogP contribution in [0, 0.1) is 6.92 Å². The zero-order chi connectivity index (χ0) is 19.1. The summed E-state index contributed by atoms with van der Waals surface area (Å²) >= 11 is 0. The van der Waals surface area contributed by atoms with E-state index in [0.29, 0.717) is 11.3 Å². The van der Waals surface area contributed by atoms with Crippen LogP contribution < -0.4 is 0 Å². The molecule has 2 aromatic rings. The first kappa shape index (κ1) is 18.9. The van der Waals surface area contributed by atoms with Crippen LogP contribution in [0.2, 0.25) is 0 Å². The first-order valence-electron chi connectivity index (χ1n) is 8.98. The summed E-state index contributed by atoms with van der Waals surface area (Å²) in [7, 11) is 0. The fourth-order valence-corrected chi connectivity index (χ4v) is 3.56. The van der Waals surface area contributed by atoms with Gasteiger partial charge in [0, 0.05) is 35.6 Å². The van der Waals surface area contributed by atoms with Crippen LogP contribution in [0.3, 0.4) is 0 Å². The first-order valence-corrected chi connectivity index (χ1v) is 8.98. The number of aryl methyl sites for hydroxylation is 1. The van der Waals surface area contributed by atoms with Crippen LogP contribution >= 0.6 is 0 Å². The van der Waals surface area contributed by atoms with E-state index in [0.717, 1.165) is 37.6 Å². The highest BCUT2D eigenvalue weighted by atomic mass is 19.4. The standard InChI is InChI=1S/C19H24F3N3O/c1-11(2)18-24-17(10-25(18)14-4-6-15(26)7-5-14)13-8-16(19(20,21)22)12(3)23-9-13/h8-11,14-15,26H,4-7H2,1-3H3. The minimum atomic E-state index is -4.43. The molecule has 2 heterocycles. The van der Waals surface area contributed by atoms with E-state index in [2.05, 4.69) is 14.5 Å². The third-order valence-electron chi connectivity index (χ3n) is 5.03. The Morgan fingerprint density at radius 1 is 1.19 bits per heavy atom. The SMILES string of the molecule is Cc1ncc(-c2cn(C3CCC(O)CC3)c(C(C)C)n2)cc1C(F)(F)F. The lowest BCUT2D eigenvalue weighted by Gasteiger charge is -2.28. The van der Waals surface area contributed by atoms with Crippen LogP contribution in [0.5, 0.6) is 0 Å². The Morgan fingerprint density at radius 3 is 2.42 bits per heavy atom. The number of hydrogen-bond donors (Lipinski definition) is 1. The summed E-state index contributed by atoms with van der Waals surface area (Å²) in [5, 5.41) is 9.73. The van der Waals surface area contributed by atoms with Gasteiger partial charge in [-0.2, -0.15) is 13.2 Å². The van der Waals surface area contributed by atoms with Gasteiger partial charge in [0.25, 0.3) is 0 Å². The molecular weight excluding hydrogens is 343 g/mol.